The van der Waals surface area contributed by atoms with Gasteiger partial charge in [-0.25, -0.2) is 13.2 Å². The van der Waals surface area contributed by atoms with E-state index in [9.17, 15) is 18.0 Å². The highest BCUT2D eigenvalue weighted by Crippen LogP contribution is 2.17. The standard InChI is InChI=1S/C18H17F3N2O/c19-14-6-4-13(5-7-14)12-22-8-10-23(11-9-22)18(24)17-15(20)2-1-3-16(17)21/h1-7H,8-12H2. The predicted molar refractivity (Wildman–Crippen MR) is 83.9 cm³/mol. The lowest BCUT2D eigenvalue weighted by Gasteiger charge is -2.34. The fourth-order valence-electron chi connectivity index (χ4n) is 2.82. The number of rotatable bonds is 3. The van der Waals surface area contributed by atoms with E-state index in [-0.39, 0.29) is 5.82 Å². The number of carbonyl (C=O) groups excluding carboxylic acids is 1. The van der Waals surface area contributed by atoms with Gasteiger partial charge in [-0.05, 0) is 29.8 Å². The van der Waals surface area contributed by atoms with Gasteiger partial charge in [-0.1, -0.05) is 18.2 Å². The first-order valence-electron chi connectivity index (χ1n) is 7.74. The summed E-state index contributed by atoms with van der Waals surface area (Å²) in [5.41, 5.74) is 0.487. The first kappa shape index (κ1) is 16.5. The van der Waals surface area contributed by atoms with Crippen LogP contribution in [0.3, 0.4) is 0 Å². The van der Waals surface area contributed by atoms with Crippen molar-refractivity contribution in [1.82, 2.24) is 9.80 Å². The summed E-state index contributed by atoms with van der Waals surface area (Å²) in [5.74, 6) is -2.57. The van der Waals surface area contributed by atoms with Crippen LogP contribution in [0.5, 0.6) is 0 Å². The molecule has 0 aromatic heterocycles. The van der Waals surface area contributed by atoms with Crippen LogP contribution in [0, 0.1) is 17.5 Å². The van der Waals surface area contributed by atoms with E-state index in [1.165, 1.54) is 23.1 Å². The van der Waals surface area contributed by atoms with Crippen LogP contribution in [-0.2, 0) is 6.54 Å². The largest absolute Gasteiger partial charge is 0.336 e. The molecule has 126 valence electrons. The van der Waals surface area contributed by atoms with Gasteiger partial charge in [-0.2, -0.15) is 0 Å². The van der Waals surface area contributed by atoms with E-state index >= 15 is 0 Å². The molecule has 0 spiro atoms. The molecule has 0 bridgehead atoms. The van der Waals surface area contributed by atoms with Gasteiger partial charge in [0.05, 0.1) is 0 Å². The van der Waals surface area contributed by atoms with Crippen molar-refractivity contribution < 1.29 is 18.0 Å². The van der Waals surface area contributed by atoms with Gasteiger partial charge in [0.2, 0.25) is 0 Å². The van der Waals surface area contributed by atoms with E-state index in [0.29, 0.717) is 32.7 Å². The number of halogens is 3. The summed E-state index contributed by atoms with van der Waals surface area (Å²) in [6.45, 7) is 2.64. The molecule has 0 saturated carbocycles. The molecular formula is C18H17F3N2O. The topological polar surface area (TPSA) is 23.6 Å². The van der Waals surface area contributed by atoms with Crippen molar-refractivity contribution in [2.45, 2.75) is 6.54 Å². The van der Waals surface area contributed by atoms with Crippen LogP contribution in [0.25, 0.3) is 0 Å². The molecule has 1 amide bonds. The van der Waals surface area contributed by atoms with Gasteiger partial charge in [-0.15, -0.1) is 0 Å². The zero-order valence-electron chi connectivity index (χ0n) is 13.0. The summed E-state index contributed by atoms with van der Waals surface area (Å²) in [6, 6.07) is 9.68. The molecule has 0 radical (unpaired) electrons. The molecule has 1 saturated heterocycles. The normalized spacial score (nSPS) is 15.5. The highest BCUT2D eigenvalue weighted by Gasteiger charge is 2.26. The van der Waals surface area contributed by atoms with Crippen molar-refractivity contribution in [3.8, 4) is 0 Å². The fourth-order valence-corrected chi connectivity index (χ4v) is 2.82. The maximum atomic E-state index is 13.7. The second-order valence-corrected chi connectivity index (χ2v) is 5.79. The second kappa shape index (κ2) is 7.05. The molecule has 6 heteroatoms. The molecule has 0 aliphatic carbocycles. The van der Waals surface area contributed by atoms with Gasteiger partial charge in [0.15, 0.2) is 0 Å². The van der Waals surface area contributed by atoms with Crippen molar-refractivity contribution in [3.63, 3.8) is 0 Å². The zero-order valence-corrected chi connectivity index (χ0v) is 13.0. The smallest absolute Gasteiger partial charge is 0.259 e. The van der Waals surface area contributed by atoms with E-state index in [1.807, 2.05) is 0 Å². The minimum Gasteiger partial charge on any atom is -0.336 e. The van der Waals surface area contributed by atoms with Crippen LogP contribution >= 0.6 is 0 Å². The average molecular weight is 334 g/mol. The number of hydrogen-bond acceptors (Lipinski definition) is 2. The summed E-state index contributed by atoms with van der Waals surface area (Å²) in [6.07, 6.45) is 0. The Labute approximate surface area is 138 Å². The first-order valence-corrected chi connectivity index (χ1v) is 7.74. The predicted octanol–water partition coefficient (Wildman–Crippen LogP) is 3.06. The monoisotopic (exact) mass is 334 g/mol. The number of piperazine rings is 1. The molecule has 2 aromatic rings. The van der Waals surface area contributed by atoms with Crippen molar-refractivity contribution >= 4 is 5.91 Å². The fraction of sp³-hybridized carbons (Fsp3) is 0.278. The Hall–Kier alpha value is -2.34. The maximum Gasteiger partial charge on any atom is 0.259 e. The molecule has 3 rings (SSSR count). The van der Waals surface area contributed by atoms with Gasteiger partial charge >= 0.3 is 0 Å². The van der Waals surface area contributed by atoms with Crippen molar-refractivity contribution in [2.24, 2.45) is 0 Å². The molecule has 0 N–H and O–H groups in total. The van der Waals surface area contributed by atoms with Crippen LogP contribution in [0.1, 0.15) is 15.9 Å². The molecule has 1 fully saturated rings. The lowest BCUT2D eigenvalue weighted by atomic mass is 10.1. The highest BCUT2D eigenvalue weighted by molar-refractivity contribution is 5.94. The third-order valence-electron chi connectivity index (χ3n) is 4.16. The van der Waals surface area contributed by atoms with Crippen LogP contribution < -0.4 is 0 Å². The number of nitrogens with zero attached hydrogens (tertiary/aromatic N) is 2. The Morgan fingerprint density at radius 1 is 0.875 bits per heavy atom. The Morgan fingerprint density at radius 3 is 2.04 bits per heavy atom. The Balaban J connectivity index is 1.60. The number of benzene rings is 2. The molecular weight excluding hydrogens is 317 g/mol. The SMILES string of the molecule is O=C(c1c(F)cccc1F)N1CCN(Cc2ccc(F)cc2)CC1. The summed E-state index contributed by atoms with van der Waals surface area (Å²) in [7, 11) is 0. The molecule has 3 nitrogen and oxygen atoms in total. The third-order valence-corrected chi connectivity index (χ3v) is 4.16. The third kappa shape index (κ3) is 3.59. The number of hydrogen-bond donors (Lipinski definition) is 0. The van der Waals surface area contributed by atoms with Crippen molar-refractivity contribution in [2.75, 3.05) is 26.2 Å². The van der Waals surface area contributed by atoms with Crippen LogP contribution in [0.2, 0.25) is 0 Å². The van der Waals surface area contributed by atoms with E-state index < -0.39 is 23.1 Å². The Bertz CT molecular complexity index is 705. The summed E-state index contributed by atoms with van der Waals surface area (Å²) >= 11 is 0. The lowest BCUT2D eigenvalue weighted by molar-refractivity contribution is 0.0619. The van der Waals surface area contributed by atoms with E-state index in [2.05, 4.69) is 4.90 Å². The van der Waals surface area contributed by atoms with Crippen molar-refractivity contribution in [1.29, 1.82) is 0 Å². The Morgan fingerprint density at radius 2 is 1.46 bits per heavy atom. The van der Waals surface area contributed by atoms with Gasteiger partial charge in [0.1, 0.15) is 23.0 Å². The van der Waals surface area contributed by atoms with Crippen LogP contribution in [-0.4, -0.2) is 41.9 Å². The van der Waals surface area contributed by atoms with Crippen LogP contribution in [0.15, 0.2) is 42.5 Å². The molecule has 24 heavy (non-hydrogen) atoms. The lowest BCUT2D eigenvalue weighted by Crippen LogP contribution is -2.48. The minimum absolute atomic E-state index is 0.277. The Kier molecular flexibility index (Phi) is 4.85. The second-order valence-electron chi connectivity index (χ2n) is 5.79. The maximum absolute atomic E-state index is 13.7. The number of carbonyl (C=O) groups is 1. The van der Waals surface area contributed by atoms with E-state index in [4.69, 9.17) is 0 Å². The molecule has 0 atom stereocenters. The summed E-state index contributed by atoms with van der Waals surface area (Å²) < 4.78 is 40.4. The summed E-state index contributed by atoms with van der Waals surface area (Å²) in [4.78, 5) is 15.9. The van der Waals surface area contributed by atoms with E-state index in [0.717, 1.165) is 17.7 Å². The van der Waals surface area contributed by atoms with Crippen molar-refractivity contribution in [3.05, 3.63) is 71.0 Å². The molecule has 1 heterocycles. The number of amides is 1. The minimum atomic E-state index is -0.839. The van der Waals surface area contributed by atoms with Gasteiger partial charge < -0.3 is 4.90 Å². The molecule has 2 aromatic carbocycles. The summed E-state index contributed by atoms with van der Waals surface area (Å²) in [5, 5.41) is 0. The van der Waals surface area contributed by atoms with E-state index in [1.54, 1.807) is 12.1 Å². The molecule has 0 unspecified atom stereocenters. The van der Waals surface area contributed by atoms with Gasteiger partial charge in [0.25, 0.3) is 5.91 Å². The zero-order chi connectivity index (χ0) is 17.1. The van der Waals surface area contributed by atoms with Gasteiger partial charge in [-0.3, -0.25) is 9.69 Å². The van der Waals surface area contributed by atoms with Crippen LogP contribution in [0.4, 0.5) is 13.2 Å². The molecule has 1 aliphatic rings. The average Bonchev–Trinajstić information content (AvgIpc) is 2.57. The highest BCUT2D eigenvalue weighted by atomic mass is 19.1. The van der Waals surface area contributed by atoms with Gasteiger partial charge in [0, 0.05) is 32.7 Å². The quantitative estimate of drug-likeness (QED) is 0.861. The first-order chi connectivity index (χ1) is 11.5. The molecule has 1 aliphatic heterocycles.